The van der Waals surface area contributed by atoms with E-state index in [4.69, 9.17) is 0 Å². The van der Waals surface area contributed by atoms with Gasteiger partial charge in [0, 0.05) is 11.4 Å². The van der Waals surface area contributed by atoms with Gasteiger partial charge in [0.15, 0.2) is 0 Å². The van der Waals surface area contributed by atoms with Crippen molar-refractivity contribution in [2.24, 2.45) is 10.9 Å². The lowest BCUT2D eigenvalue weighted by Crippen LogP contribution is -2.00. The van der Waals surface area contributed by atoms with Crippen LogP contribution < -0.4 is 0 Å². The monoisotopic (exact) mass is 125 g/mol. The first-order valence-corrected chi connectivity index (χ1v) is 3.24. The second-order valence-corrected chi connectivity index (χ2v) is 2.64. The maximum absolute atomic E-state index is 4.20. The molecule has 0 radical (unpaired) electrons. The number of hydrogen-bond acceptors (Lipinski definition) is 1. The predicted octanol–water partition coefficient (Wildman–Crippen LogP) is 2.64. The minimum Gasteiger partial charge on any atom is -0.263 e. The van der Waals surface area contributed by atoms with Gasteiger partial charge in [-0.25, -0.2) is 0 Å². The van der Waals surface area contributed by atoms with Crippen molar-refractivity contribution >= 4 is 5.71 Å². The fraction of sp³-hybridized carbons (Fsp3) is 0.625. The first-order valence-electron chi connectivity index (χ1n) is 3.24. The van der Waals surface area contributed by atoms with Crippen molar-refractivity contribution in [2.75, 3.05) is 0 Å². The Morgan fingerprint density at radius 1 is 1.33 bits per heavy atom. The summed E-state index contributed by atoms with van der Waals surface area (Å²) in [5, 5.41) is 0. The van der Waals surface area contributed by atoms with Crippen LogP contribution in [0, 0.1) is 5.92 Å². The van der Waals surface area contributed by atoms with Crippen LogP contribution in [0.4, 0.5) is 0 Å². The Kier molecular flexibility index (Phi) is 3.21. The van der Waals surface area contributed by atoms with Crippen LogP contribution in [0.15, 0.2) is 17.3 Å². The molecule has 9 heavy (non-hydrogen) atoms. The van der Waals surface area contributed by atoms with Crippen molar-refractivity contribution < 1.29 is 0 Å². The topological polar surface area (TPSA) is 12.4 Å². The molecule has 0 rings (SSSR count). The summed E-state index contributed by atoms with van der Waals surface area (Å²) in [6.07, 6.45) is 0. The minimum absolute atomic E-state index is 0.543. The van der Waals surface area contributed by atoms with Gasteiger partial charge < -0.3 is 0 Å². The molecule has 0 fully saturated rings. The van der Waals surface area contributed by atoms with E-state index in [2.05, 4.69) is 25.4 Å². The zero-order valence-corrected chi connectivity index (χ0v) is 6.73. The van der Waals surface area contributed by atoms with Gasteiger partial charge in [-0.05, 0) is 19.8 Å². The predicted molar refractivity (Wildman–Crippen MR) is 42.8 cm³/mol. The Bertz CT molecular complexity index is 132. The molecule has 0 unspecified atom stereocenters. The van der Waals surface area contributed by atoms with Crippen LogP contribution in [-0.4, -0.2) is 5.71 Å². The Labute approximate surface area is 57.5 Å². The number of rotatable bonds is 2. The molecule has 0 N–H and O–H groups in total. The Hall–Kier alpha value is -0.590. The molecule has 1 nitrogen and oxygen atoms in total. The van der Waals surface area contributed by atoms with E-state index in [1.807, 2.05) is 13.8 Å². The maximum atomic E-state index is 4.20. The van der Waals surface area contributed by atoms with Gasteiger partial charge in [0.25, 0.3) is 0 Å². The lowest BCUT2D eigenvalue weighted by Gasteiger charge is -2.01. The second-order valence-electron chi connectivity index (χ2n) is 2.64. The van der Waals surface area contributed by atoms with Crippen molar-refractivity contribution in [2.45, 2.75) is 27.7 Å². The summed E-state index contributed by atoms with van der Waals surface area (Å²) in [5.74, 6) is 0.543. The summed E-state index contributed by atoms with van der Waals surface area (Å²) < 4.78 is 0. The zero-order valence-electron chi connectivity index (χ0n) is 6.73. The van der Waals surface area contributed by atoms with Gasteiger partial charge in [0.1, 0.15) is 0 Å². The standard InChI is InChI=1S/C8H15N/c1-6(2)8(5)9-7(3)4/h6H,3H2,1-2,4-5H3. The van der Waals surface area contributed by atoms with E-state index in [1.165, 1.54) is 0 Å². The molecule has 0 aromatic heterocycles. The molecular weight excluding hydrogens is 110 g/mol. The Morgan fingerprint density at radius 3 is 1.89 bits per heavy atom. The van der Waals surface area contributed by atoms with Crippen LogP contribution in [0.25, 0.3) is 0 Å². The molecule has 0 bridgehead atoms. The molecule has 0 aliphatic heterocycles. The molecule has 0 aliphatic rings. The number of nitrogens with zero attached hydrogens (tertiary/aromatic N) is 1. The van der Waals surface area contributed by atoms with Crippen LogP contribution in [0.3, 0.4) is 0 Å². The minimum atomic E-state index is 0.543. The Balaban J connectivity index is 4.00. The fourth-order valence-electron chi connectivity index (χ4n) is 0.430. The quantitative estimate of drug-likeness (QED) is 0.503. The van der Waals surface area contributed by atoms with Crippen molar-refractivity contribution in [3.63, 3.8) is 0 Å². The maximum Gasteiger partial charge on any atom is 0.0300 e. The van der Waals surface area contributed by atoms with Crippen LogP contribution in [0.2, 0.25) is 0 Å². The van der Waals surface area contributed by atoms with E-state index in [9.17, 15) is 0 Å². The van der Waals surface area contributed by atoms with Crippen molar-refractivity contribution in [3.8, 4) is 0 Å². The van der Waals surface area contributed by atoms with Crippen molar-refractivity contribution in [3.05, 3.63) is 12.3 Å². The van der Waals surface area contributed by atoms with E-state index in [1.54, 1.807) is 0 Å². The lowest BCUT2D eigenvalue weighted by molar-refractivity contribution is 0.875. The zero-order chi connectivity index (χ0) is 7.44. The van der Waals surface area contributed by atoms with Gasteiger partial charge in [-0.15, -0.1) is 0 Å². The summed E-state index contributed by atoms with van der Waals surface area (Å²) >= 11 is 0. The molecule has 0 saturated carbocycles. The fourth-order valence-corrected chi connectivity index (χ4v) is 0.430. The average Bonchev–Trinajstić information content (AvgIpc) is 1.63. The van der Waals surface area contributed by atoms with E-state index in [0.717, 1.165) is 11.4 Å². The molecule has 0 spiro atoms. The molecule has 0 saturated heterocycles. The molecule has 0 aromatic rings. The highest BCUT2D eigenvalue weighted by molar-refractivity contribution is 5.84. The number of aliphatic imine (C=N–C) groups is 1. The molecule has 0 aromatic carbocycles. The smallest absolute Gasteiger partial charge is 0.0300 e. The highest BCUT2D eigenvalue weighted by Gasteiger charge is 1.95. The average molecular weight is 125 g/mol. The molecule has 0 heterocycles. The van der Waals surface area contributed by atoms with Crippen molar-refractivity contribution in [1.29, 1.82) is 0 Å². The van der Waals surface area contributed by atoms with E-state index < -0.39 is 0 Å². The third kappa shape index (κ3) is 3.95. The number of hydrogen-bond donors (Lipinski definition) is 0. The van der Waals surface area contributed by atoms with E-state index >= 15 is 0 Å². The van der Waals surface area contributed by atoms with E-state index in [0.29, 0.717) is 5.92 Å². The van der Waals surface area contributed by atoms with Crippen LogP contribution in [0.1, 0.15) is 27.7 Å². The normalized spacial score (nSPS) is 12.3. The highest BCUT2D eigenvalue weighted by Crippen LogP contribution is 1.99. The van der Waals surface area contributed by atoms with Gasteiger partial charge in [0.05, 0.1) is 0 Å². The van der Waals surface area contributed by atoms with Crippen LogP contribution in [0.5, 0.6) is 0 Å². The Morgan fingerprint density at radius 2 is 1.78 bits per heavy atom. The summed E-state index contributed by atoms with van der Waals surface area (Å²) in [5.41, 5.74) is 2.05. The first-order chi connectivity index (χ1) is 4.04. The third-order valence-corrected chi connectivity index (χ3v) is 1.20. The van der Waals surface area contributed by atoms with Gasteiger partial charge in [0.2, 0.25) is 0 Å². The highest BCUT2D eigenvalue weighted by atomic mass is 14.7. The summed E-state index contributed by atoms with van der Waals surface area (Å²) in [6, 6.07) is 0. The van der Waals surface area contributed by atoms with Gasteiger partial charge in [-0.2, -0.15) is 0 Å². The van der Waals surface area contributed by atoms with E-state index in [-0.39, 0.29) is 0 Å². The number of allylic oxidation sites excluding steroid dienone is 1. The largest absolute Gasteiger partial charge is 0.263 e. The summed E-state index contributed by atoms with van der Waals surface area (Å²) in [4.78, 5) is 4.20. The van der Waals surface area contributed by atoms with Crippen LogP contribution in [-0.2, 0) is 0 Å². The molecule has 0 atom stereocenters. The first kappa shape index (κ1) is 8.41. The molecule has 52 valence electrons. The SMILES string of the molecule is C=C(C)N=C(C)C(C)C. The third-order valence-electron chi connectivity index (χ3n) is 1.20. The van der Waals surface area contributed by atoms with Crippen LogP contribution >= 0.6 is 0 Å². The van der Waals surface area contributed by atoms with Gasteiger partial charge in [-0.3, -0.25) is 4.99 Å². The molecule has 1 heteroatoms. The van der Waals surface area contributed by atoms with Crippen molar-refractivity contribution in [1.82, 2.24) is 0 Å². The van der Waals surface area contributed by atoms with Gasteiger partial charge in [-0.1, -0.05) is 20.4 Å². The van der Waals surface area contributed by atoms with Gasteiger partial charge >= 0.3 is 0 Å². The lowest BCUT2D eigenvalue weighted by atomic mass is 10.1. The molecule has 0 amide bonds. The summed E-state index contributed by atoms with van der Waals surface area (Å²) in [7, 11) is 0. The second kappa shape index (κ2) is 3.44. The molecule has 0 aliphatic carbocycles. The molecular formula is C8H15N. The summed E-state index contributed by atoms with van der Waals surface area (Å²) in [6.45, 7) is 11.9.